The van der Waals surface area contributed by atoms with Crippen LogP contribution in [-0.4, -0.2) is 0 Å². The van der Waals surface area contributed by atoms with Gasteiger partial charge >= 0.3 is 0 Å². The molecular formula is C14H12Cl. The van der Waals surface area contributed by atoms with Gasteiger partial charge in [-0.2, -0.15) is 0 Å². The Bertz CT molecular complexity index is 443. The van der Waals surface area contributed by atoms with Gasteiger partial charge in [0.2, 0.25) is 0 Å². The number of aryl methyl sites for hydroxylation is 1. The third kappa shape index (κ3) is 2.21. The smallest absolute Gasteiger partial charge is 0.0484 e. The lowest BCUT2D eigenvalue weighted by molar-refractivity contribution is 1.14. The van der Waals surface area contributed by atoms with Crippen molar-refractivity contribution in [2.45, 2.75) is 13.3 Å². The summed E-state index contributed by atoms with van der Waals surface area (Å²) in [5.74, 6) is 0. The molecule has 0 aromatic heterocycles. The first kappa shape index (κ1) is 10.3. The number of hydrogen-bond acceptors (Lipinski definition) is 0. The third-order valence-electron chi connectivity index (χ3n) is 2.48. The van der Waals surface area contributed by atoms with Crippen LogP contribution in [0.2, 0.25) is 5.02 Å². The summed E-state index contributed by atoms with van der Waals surface area (Å²) in [7, 11) is 0. The number of halogens is 1. The van der Waals surface area contributed by atoms with Crippen LogP contribution >= 0.6 is 11.6 Å². The number of benzene rings is 2. The van der Waals surface area contributed by atoms with E-state index in [2.05, 4.69) is 37.3 Å². The molecule has 0 atom stereocenters. The Hall–Kier alpha value is -1.27. The van der Waals surface area contributed by atoms with Crippen LogP contribution in [0.4, 0.5) is 0 Å². The quantitative estimate of drug-likeness (QED) is 0.698. The highest BCUT2D eigenvalue weighted by molar-refractivity contribution is 6.33. The highest BCUT2D eigenvalue weighted by Crippen LogP contribution is 2.27. The lowest BCUT2D eigenvalue weighted by Gasteiger charge is -2.04. The molecule has 0 aliphatic heterocycles. The summed E-state index contributed by atoms with van der Waals surface area (Å²) in [6.07, 6.45) is 1.06. The first-order valence-corrected chi connectivity index (χ1v) is 5.44. The highest BCUT2D eigenvalue weighted by Gasteiger charge is 2.01. The molecule has 75 valence electrons. The van der Waals surface area contributed by atoms with Gasteiger partial charge in [-0.15, -0.1) is 0 Å². The van der Waals surface area contributed by atoms with Gasteiger partial charge in [0.15, 0.2) is 0 Å². The predicted molar refractivity (Wildman–Crippen MR) is 65.1 cm³/mol. The molecule has 0 aliphatic rings. The zero-order valence-corrected chi connectivity index (χ0v) is 9.38. The normalized spacial score (nSPS) is 10.3. The summed E-state index contributed by atoms with van der Waals surface area (Å²) in [6, 6.07) is 17.1. The predicted octanol–water partition coefficient (Wildman–Crippen LogP) is 4.37. The fourth-order valence-corrected chi connectivity index (χ4v) is 1.78. The molecule has 0 fully saturated rings. The van der Waals surface area contributed by atoms with Gasteiger partial charge in [0.05, 0.1) is 0 Å². The van der Waals surface area contributed by atoms with Gasteiger partial charge < -0.3 is 0 Å². The fraction of sp³-hybridized carbons (Fsp3) is 0.143. The van der Waals surface area contributed by atoms with Gasteiger partial charge in [-0.1, -0.05) is 48.9 Å². The van der Waals surface area contributed by atoms with Gasteiger partial charge in [0, 0.05) is 10.6 Å². The Morgan fingerprint density at radius 3 is 2.47 bits per heavy atom. The van der Waals surface area contributed by atoms with E-state index < -0.39 is 0 Å². The van der Waals surface area contributed by atoms with Crippen molar-refractivity contribution >= 4 is 11.6 Å². The zero-order valence-electron chi connectivity index (χ0n) is 8.63. The molecule has 0 bridgehead atoms. The SMILES string of the molecule is CCc1ccc(-c2c[c]ccc2Cl)cc1. The molecule has 0 aliphatic carbocycles. The van der Waals surface area contributed by atoms with Crippen molar-refractivity contribution in [2.75, 3.05) is 0 Å². The van der Waals surface area contributed by atoms with Gasteiger partial charge in [-0.25, -0.2) is 0 Å². The van der Waals surface area contributed by atoms with Crippen LogP contribution in [0.25, 0.3) is 11.1 Å². The summed E-state index contributed by atoms with van der Waals surface area (Å²) in [6.45, 7) is 2.15. The van der Waals surface area contributed by atoms with E-state index in [1.54, 1.807) is 0 Å². The lowest BCUT2D eigenvalue weighted by Crippen LogP contribution is -1.82. The van der Waals surface area contributed by atoms with Crippen molar-refractivity contribution in [1.29, 1.82) is 0 Å². The fourth-order valence-electron chi connectivity index (χ4n) is 1.55. The molecule has 0 saturated carbocycles. The summed E-state index contributed by atoms with van der Waals surface area (Å²) >= 11 is 6.11. The van der Waals surface area contributed by atoms with E-state index in [1.165, 1.54) is 5.56 Å². The molecule has 0 amide bonds. The average Bonchev–Trinajstić information content (AvgIpc) is 2.30. The van der Waals surface area contributed by atoms with Crippen LogP contribution in [0.5, 0.6) is 0 Å². The van der Waals surface area contributed by atoms with Crippen molar-refractivity contribution in [1.82, 2.24) is 0 Å². The molecule has 1 heteroatoms. The van der Waals surface area contributed by atoms with Crippen LogP contribution in [0.15, 0.2) is 42.5 Å². The van der Waals surface area contributed by atoms with Crippen molar-refractivity contribution < 1.29 is 0 Å². The average molecular weight is 216 g/mol. The molecule has 0 heterocycles. The minimum Gasteiger partial charge on any atom is -0.0837 e. The first-order chi connectivity index (χ1) is 7.31. The second-order valence-corrected chi connectivity index (χ2v) is 3.86. The number of hydrogen-bond donors (Lipinski definition) is 0. The molecule has 0 nitrogen and oxygen atoms in total. The Balaban J connectivity index is 2.42. The van der Waals surface area contributed by atoms with E-state index >= 15 is 0 Å². The standard InChI is InChI=1S/C14H12Cl/c1-2-11-7-9-12(10-8-11)13-5-3-4-6-14(13)15/h4-10H,2H2,1H3. The minimum absolute atomic E-state index is 0.776. The van der Waals surface area contributed by atoms with E-state index in [4.69, 9.17) is 11.6 Å². The van der Waals surface area contributed by atoms with E-state index in [9.17, 15) is 0 Å². The summed E-state index contributed by atoms with van der Waals surface area (Å²) < 4.78 is 0. The van der Waals surface area contributed by atoms with E-state index in [0.29, 0.717) is 0 Å². The van der Waals surface area contributed by atoms with Gasteiger partial charge in [0.25, 0.3) is 0 Å². The van der Waals surface area contributed by atoms with Gasteiger partial charge in [-0.05, 0) is 35.7 Å². The molecule has 1 radical (unpaired) electrons. The topological polar surface area (TPSA) is 0 Å². The summed E-state index contributed by atoms with van der Waals surface area (Å²) in [5, 5.41) is 0.776. The maximum atomic E-state index is 6.11. The van der Waals surface area contributed by atoms with E-state index in [1.807, 2.05) is 18.2 Å². The molecule has 0 spiro atoms. The minimum atomic E-state index is 0.776. The Kier molecular flexibility index (Phi) is 3.08. The molecule has 0 unspecified atom stereocenters. The summed E-state index contributed by atoms with van der Waals surface area (Å²) in [5.41, 5.74) is 3.53. The van der Waals surface area contributed by atoms with E-state index in [0.717, 1.165) is 22.6 Å². The van der Waals surface area contributed by atoms with E-state index in [-0.39, 0.29) is 0 Å². The van der Waals surface area contributed by atoms with Crippen molar-refractivity contribution in [2.24, 2.45) is 0 Å². The van der Waals surface area contributed by atoms with Crippen LogP contribution in [0, 0.1) is 6.07 Å². The second-order valence-electron chi connectivity index (χ2n) is 3.46. The maximum Gasteiger partial charge on any atom is 0.0484 e. The molecule has 0 saturated heterocycles. The largest absolute Gasteiger partial charge is 0.0837 e. The van der Waals surface area contributed by atoms with Crippen LogP contribution in [0.3, 0.4) is 0 Å². The monoisotopic (exact) mass is 215 g/mol. The molecule has 2 aromatic carbocycles. The van der Waals surface area contributed by atoms with Crippen LogP contribution in [-0.2, 0) is 6.42 Å². The zero-order chi connectivity index (χ0) is 10.7. The lowest BCUT2D eigenvalue weighted by atomic mass is 10.0. The molecule has 0 N–H and O–H groups in total. The molecule has 15 heavy (non-hydrogen) atoms. The highest BCUT2D eigenvalue weighted by atomic mass is 35.5. The van der Waals surface area contributed by atoms with Crippen LogP contribution in [0.1, 0.15) is 12.5 Å². The van der Waals surface area contributed by atoms with Gasteiger partial charge in [-0.3, -0.25) is 0 Å². The van der Waals surface area contributed by atoms with Crippen LogP contribution < -0.4 is 0 Å². The molecular weight excluding hydrogens is 204 g/mol. The number of rotatable bonds is 2. The Morgan fingerprint density at radius 2 is 1.87 bits per heavy atom. The summed E-state index contributed by atoms with van der Waals surface area (Å²) in [4.78, 5) is 0. The molecule has 2 rings (SSSR count). The first-order valence-electron chi connectivity index (χ1n) is 5.06. The maximum absolute atomic E-state index is 6.11. The second kappa shape index (κ2) is 4.50. The Labute approximate surface area is 95.5 Å². The van der Waals surface area contributed by atoms with Crippen molar-refractivity contribution in [3.63, 3.8) is 0 Å². The molecule has 2 aromatic rings. The van der Waals surface area contributed by atoms with Gasteiger partial charge in [0.1, 0.15) is 0 Å². The van der Waals surface area contributed by atoms with Crippen molar-refractivity contribution in [3.8, 4) is 11.1 Å². The Morgan fingerprint density at radius 1 is 1.13 bits per heavy atom. The third-order valence-corrected chi connectivity index (χ3v) is 2.81. The van der Waals surface area contributed by atoms with Crippen molar-refractivity contribution in [3.05, 3.63) is 59.1 Å².